The molecule has 10 heteroatoms. The molecule has 1 aromatic carbocycles. The van der Waals surface area contributed by atoms with Gasteiger partial charge in [0.25, 0.3) is 0 Å². The first-order valence-corrected chi connectivity index (χ1v) is 7.97. The Morgan fingerprint density at radius 3 is 2.65 bits per heavy atom. The van der Waals surface area contributed by atoms with E-state index < -0.39 is 17.9 Å². The van der Waals surface area contributed by atoms with Crippen LogP contribution in [0, 0.1) is 5.82 Å². The molecule has 26 heavy (non-hydrogen) atoms. The fraction of sp³-hybridized carbons (Fsp3) is 0.312. The molecule has 0 aliphatic carbocycles. The molecule has 1 aromatic heterocycles. The average molecular weight is 363 g/mol. The lowest BCUT2D eigenvalue weighted by Gasteiger charge is -2.33. The molecule has 2 heterocycles. The van der Waals surface area contributed by atoms with E-state index >= 15 is 0 Å². The molecule has 3 N–H and O–H groups in total. The Morgan fingerprint density at radius 2 is 2.00 bits per heavy atom. The number of rotatable bonds is 4. The van der Waals surface area contributed by atoms with Crippen LogP contribution in [0.3, 0.4) is 0 Å². The smallest absolute Gasteiger partial charge is 0.407 e. The molecule has 0 radical (unpaired) electrons. The van der Waals surface area contributed by atoms with Crippen LogP contribution in [-0.4, -0.2) is 58.2 Å². The Hall–Kier alpha value is -3.14. The van der Waals surface area contributed by atoms with Gasteiger partial charge >= 0.3 is 18.1 Å². The number of amides is 3. The van der Waals surface area contributed by atoms with E-state index in [0.29, 0.717) is 32.7 Å². The van der Waals surface area contributed by atoms with Gasteiger partial charge in [-0.15, -0.1) is 0 Å². The maximum atomic E-state index is 14.0. The number of hydrogen-bond acceptors (Lipinski definition) is 5. The van der Waals surface area contributed by atoms with Crippen molar-refractivity contribution in [1.29, 1.82) is 0 Å². The summed E-state index contributed by atoms with van der Waals surface area (Å²) in [7, 11) is 0. The molecule has 1 saturated heterocycles. The van der Waals surface area contributed by atoms with E-state index in [9.17, 15) is 14.0 Å². The lowest BCUT2D eigenvalue weighted by Crippen LogP contribution is -2.47. The van der Waals surface area contributed by atoms with Crippen molar-refractivity contribution in [1.82, 2.24) is 14.8 Å². The van der Waals surface area contributed by atoms with E-state index in [-0.39, 0.29) is 11.7 Å². The minimum absolute atomic E-state index is 0.00960. The summed E-state index contributed by atoms with van der Waals surface area (Å²) in [6.45, 7) is 2.58. The van der Waals surface area contributed by atoms with E-state index in [1.165, 1.54) is 23.4 Å². The van der Waals surface area contributed by atoms with Crippen molar-refractivity contribution < 1.29 is 23.5 Å². The zero-order chi connectivity index (χ0) is 18.5. The molecule has 3 rings (SSSR count). The minimum atomic E-state index is -0.921. The van der Waals surface area contributed by atoms with Gasteiger partial charge in [-0.2, -0.15) is 0 Å². The number of carboxylic acid groups (broad SMARTS) is 1. The second-order valence-electron chi connectivity index (χ2n) is 5.78. The van der Waals surface area contributed by atoms with Gasteiger partial charge in [0.15, 0.2) is 0 Å². The van der Waals surface area contributed by atoms with Crippen LogP contribution in [0.5, 0.6) is 0 Å². The number of anilines is 2. The fourth-order valence-electron chi connectivity index (χ4n) is 2.66. The summed E-state index contributed by atoms with van der Waals surface area (Å²) in [6.07, 6.45) is 1.76. The first kappa shape index (κ1) is 17.7. The molecule has 0 bridgehead atoms. The number of carbonyl (C=O) groups excluding carboxylic acids is 1. The Bertz CT molecular complexity index is 775. The molecule has 0 spiro atoms. The third-order valence-electron chi connectivity index (χ3n) is 3.98. The molecule has 0 atom stereocenters. The van der Waals surface area contributed by atoms with Crippen molar-refractivity contribution in [3.8, 4) is 0 Å². The largest absolute Gasteiger partial charge is 0.465 e. The van der Waals surface area contributed by atoms with Crippen LogP contribution in [0.25, 0.3) is 0 Å². The van der Waals surface area contributed by atoms with Crippen LogP contribution in [0.15, 0.2) is 35.1 Å². The van der Waals surface area contributed by atoms with E-state index in [4.69, 9.17) is 9.52 Å². The summed E-state index contributed by atoms with van der Waals surface area (Å²) in [5, 5.41) is 13.7. The third-order valence-corrected chi connectivity index (χ3v) is 3.98. The molecule has 0 unspecified atom stereocenters. The summed E-state index contributed by atoms with van der Waals surface area (Å²) >= 11 is 0. The van der Waals surface area contributed by atoms with Gasteiger partial charge in [0, 0.05) is 32.7 Å². The Morgan fingerprint density at radius 1 is 1.23 bits per heavy atom. The van der Waals surface area contributed by atoms with Crippen molar-refractivity contribution >= 4 is 23.8 Å². The van der Waals surface area contributed by atoms with E-state index in [0.717, 1.165) is 5.56 Å². The summed E-state index contributed by atoms with van der Waals surface area (Å²) < 4.78 is 18.9. The van der Waals surface area contributed by atoms with E-state index in [1.54, 1.807) is 12.1 Å². The maximum Gasteiger partial charge on any atom is 0.407 e. The average Bonchev–Trinajstić information content (AvgIpc) is 3.11. The number of oxazole rings is 1. The Balaban J connectivity index is 1.59. The summed E-state index contributed by atoms with van der Waals surface area (Å²) in [4.78, 5) is 30.0. The molecule has 1 aliphatic heterocycles. The highest BCUT2D eigenvalue weighted by Gasteiger charge is 2.20. The monoisotopic (exact) mass is 363 g/mol. The molecule has 0 saturated carbocycles. The normalized spacial score (nSPS) is 14.9. The zero-order valence-electron chi connectivity index (χ0n) is 13.8. The lowest BCUT2D eigenvalue weighted by molar-refractivity contribution is 0.103. The predicted octanol–water partition coefficient (Wildman–Crippen LogP) is 2.25. The topological polar surface area (TPSA) is 111 Å². The van der Waals surface area contributed by atoms with Crippen LogP contribution >= 0.6 is 0 Å². The van der Waals surface area contributed by atoms with E-state index in [2.05, 4.69) is 20.5 Å². The van der Waals surface area contributed by atoms with Gasteiger partial charge in [-0.1, -0.05) is 6.07 Å². The fourth-order valence-corrected chi connectivity index (χ4v) is 2.66. The highest BCUT2D eigenvalue weighted by molar-refractivity contribution is 5.98. The quantitative estimate of drug-likeness (QED) is 0.768. The minimum Gasteiger partial charge on any atom is -0.465 e. The number of benzene rings is 1. The molecule has 1 aliphatic rings. The van der Waals surface area contributed by atoms with E-state index in [1.807, 2.05) is 0 Å². The summed E-state index contributed by atoms with van der Waals surface area (Å²) in [6, 6.07) is 3.81. The standard InChI is InChI=1S/C16H18FN5O4/c17-12-2-1-11(10-21-4-6-22(7-5-21)16(24)25)9-13(12)19-14(23)20-15-18-3-8-26-15/h1-3,8-9H,4-7,10H2,(H,24,25)(H2,18,19,20,23). The van der Waals surface area contributed by atoms with Crippen molar-refractivity contribution in [2.75, 3.05) is 36.8 Å². The summed E-state index contributed by atoms with van der Waals surface area (Å²) in [5.74, 6) is -0.563. The van der Waals surface area contributed by atoms with Crippen molar-refractivity contribution in [2.24, 2.45) is 0 Å². The summed E-state index contributed by atoms with van der Waals surface area (Å²) in [5.41, 5.74) is 0.845. The van der Waals surface area contributed by atoms with Crippen molar-refractivity contribution in [3.63, 3.8) is 0 Å². The van der Waals surface area contributed by atoms with Gasteiger partial charge in [0.05, 0.1) is 11.9 Å². The van der Waals surface area contributed by atoms with Crippen LogP contribution in [0.2, 0.25) is 0 Å². The van der Waals surface area contributed by atoms with Crippen LogP contribution in [-0.2, 0) is 6.54 Å². The van der Waals surface area contributed by atoms with Gasteiger partial charge in [-0.25, -0.2) is 19.0 Å². The first-order chi connectivity index (χ1) is 12.5. The molecule has 9 nitrogen and oxygen atoms in total. The SMILES string of the molecule is O=C(Nc1ncco1)Nc1cc(CN2CCN(C(=O)O)CC2)ccc1F. The van der Waals surface area contributed by atoms with Gasteiger partial charge in [0.1, 0.15) is 12.1 Å². The molecular weight excluding hydrogens is 345 g/mol. The van der Waals surface area contributed by atoms with Crippen molar-refractivity contribution in [2.45, 2.75) is 6.54 Å². The highest BCUT2D eigenvalue weighted by Crippen LogP contribution is 2.18. The molecule has 1 fully saturated rings. The number of nitrogens with one attached hydrogen (secondary N) is 2. The van der Waals surface area contributed by atoms with Crippen molar-refractivity contribution in [3.05, 3.63) is 42.0 Å². The maximum absolute atomic E-state index is 14.0. The number of urea groups is 1. The number of nitrogens with zero attached hydrogens (tertiary/aromatic N) is 3. The highest BCUT2D eigenvalue weighted by atomic mass is 19.1. The van der Waals surface area contributed by atoms with Gasteiger partial charge in [-0.3, -0.25) is 10.2 Å². The number of piperazine rings is 1. The number of hydrogen-bond donors (Lipinski definition) is 3. The van der Waals surface area contributed by atoms with Crippen LogP contribution < -0.4 is 10.6 Å². The van der Waals surface area contributed by atoms with Gasteiger partial charge in [0.2, 0.25) is 0 Å². The zero-order valence-corrected chi connectivity index (χ0v) is 13.8. The first-order valence-electron chi connectivity index (χ1n) is 7.97. The second kappa shape index (κ2) is 7.83. The van der Waals surface area contributed by atoms with Gasteiger partial charge < -0.3 is 19.7 Å². The molecule has 3 amide bonds. The number of aromatic nitrogens is 1. The Labute approximate surface area is 148 Å². The lowest BCUT2D eigenvalue weighted by atomic mass is 10.1. The number of carbonyl (C=O) groups is 2. The predicted molar refractivity (Wildman–Crippen MR) is 90.4 cm³/mol. The molecule has 2 aromatic rings. The second-order valence-corrected chi connectivity index (χ2v) is 5.78. The van der Waals surface area contributed by atoms with Gasteiger partial charge in [-0.05, 0) is 17.7 Å². The number of halogens is 1. The molecule has 138 valence electrons. The van der Waals surface area contributed by atoms with Crippen LogP contribution in [0.4, 0.5) is 25.7 Å². The van der Waals surface area contributed by atoms with Crippen LogP contribution in [0.1, 0.15) is 5.56 Å². The molecular formula is C16H18FN5O4. The Kier molecular flexibility index (Phi) is 5.32. The third kappa shape index (κ3) is 4.48.